The summed E-state index contributed by atoms with van der Waals surface area (Å²) in [6, 6.07) is 12.8. The topological polar surface area (TPSA) is 71.2 Å². The molecule has 7 heteroatoms. The Hall–Kier alpha value is -1.96. The molecule has 0 radical (unpaired) electrons. The van der Waals surface area contributed by atoms with Crippen LogP contribution < -0.4 is 5.46 Å². The number of benzene rings is 2. The van der Waals surface area contributed by atoms with Gasteiger partial charge in [-0.25, -0.2) is 4.68 Å². The first-order chi connectivity index (χ1) is 10.5. The highest BCUT2D eigenvalue weighted by Gasteiger charge is 2.12. The molecule has 0 unspecified atom stereocenters. The van der Waals surface area contributed by atoms with Gasteiger partial charge in [0, 0.05) is 10.0 Å². The van der Waals surface area contributed by atoms with Crippen molar-refractivity contribution in [3.63, 3.8) is 0 Å². The van der Waals surface area contributed by atoms with Gasteiger partial charge in [-0.2, -0.15) is 0 Å². The minimum atomic E-state index is -1.46. The second kappa shape index (κ2) is 6.04. The second-order valence-electron chi connectivity index (χ2n) is 4.97. The van der Waals surface area contributed by atoms with Crippen LogP contribution in [-0.2, 0) is 0 Å². The first-order valence-electron chi connectivity index (χ1n) is 6.70. The van der Waals surface area contributed by atoms with E-state index in [2.05, 4.69) is 26.2 Å². The summed E-state index contributed by atoms with van der Waals surface area (Å²) in [6.07, 6.45) is 1.85. The standard InChI is InChI=1S/C15H13BBrN3O2/c1-10-8-13(17)6-7-15(10)20-9-14(18-19-20)11-2-4-12(5-3-11)16(21)22/h2-9,21-22H,1H3. The Kier molecular flexibility index (Phi) is 4.11. The van der Waals surface area contributed by atoms with Gasteiger partial charge < -0.3 is 10.0 Å². The van der Waals surface area contributed by atoms with Crippen molar-refractivity contribution in [3.8, 4) is 16.9 Å². The highest BCUT2D eigenvalue weighted by atomic mass is 79.9. The van der Waals surface area contributed by atoms with Crippen molar-refractivity contribution in [3.05, 3.63) is 58.7 Å². The van der Waals surface area contributed by atoms with E-state index in [-0.39, 0.29) is 0 Å². The Morgan fingerprint density at radius 1 is 1.09 bits per heavy atom. The van der Waals surface area contributed by atoms with Crippen LogP contribution in [0.15, 0.2) is 53.1 Å². The average molecular weight is 358 g/mol. The SMILES string of the molecule is Cc1cc(Br)ccc1-n1cc(-c2ccc(B(O)O)cc2)nn1. The molecule has 0 bridgehead atoms. The molecule has 3 rings (SSSR count). The van der Waals surface area contributed by atoms with Crippen molar-refractivity contribution in [1.82, 2.24) is 15.0 Å². The fourth-order valence-corrected chi connectivity index (χ4v) is 2.69. The summed E-state index contributed by atoms with van der Waals surface area (Å²) in [5, 5.41) is 26.6. The highest BCUT2D eigenvalue weighted by Crippen LogP contribution is 2.21. The van der Waals surface area contributed by atoms with Gasteiger partial charge in [-0.05, 0) is 36.1 Å². The van der Waals surface area contributed by atoms with Gasteiger partial charge in [0.25, 0.3) is 0 Å². The van der Waals surface area contributed by atoms with E-state index in [0.717, 1.165) is 27.0 Å². The number of aromatic nitrogens is 3. The lowest BCUT2D eigenvalue weighted by Gasteiger charge is -2.04. The van der Waals surface area contributed by atoms with Crippen LogP contribution in [0.3, 0.4) is 0 Å². The van der Waals surface area contributed by atoms with Gasteiger partial charge in [0.05, 0.1) is 11.9 Å². The molecule has 0 saturated heterocycles. The highest BCUT2D eigenvalue weighted by molar-refractivity contribution is 9.10. The molecule has 0 atom stereocenters. The fraction of sp³-hybridized carbons (Fsp3) is 0.0667. The Morgan fingerprint density at radius 2 is 1.82 bits per heavy atom. The van der Waals surface area contributed by atoms with Gasteiger partial charge in [0.2, 0.25) is 0 Å². The monoisotopic (exact) mass is 357 g/mol. The van der Waals surface area contributed by atoms with Gasteiger partial charge in [-0.15, -0.1) is 5.10 Å². The third kappa shape index (κ3) is 2.97. The third-order valence-electron chi connectivity index (χ3n) is 3.40. The van der Waals surface area contributed by atoms with Gasteiger partial charge in [-0.1, -0.05) is 45.4 Å². The van der Waals surface area contributed by atoms with Crippen molar-refractivity contribution in [1.29, 1.82) is 0 Å². The van der Waals surface area contributed by atoms with Gasteiger partial charge >= 0.3 is 7.12 Å². The summed E-state index contributed by atoms with van der Waals surface area (Å²) >= 11 is 3.44. The Bertz CT molecular complexity index is 803. The van der Waals surface area contributed by atoms with E-state index < -0.39 is 7.12 Å². The van der Waals surface area contributed by atoms with Crippen LogP contribution in [0.5, 0.6) is 0 Å². The first-order valence-corrected chi connectivity index (χ1v) is 7.49. The molecular formula is C15H13BBrN3O2. The number of hydrogen-bond acceptors (Lipinski definition) is 4. The zero-order valence-electron chi connectivity index (χ0n) is 11.8. The van der Waals surface area contributed by atoms with Gasteiger partial charge in [-0.3, -0.25) is 0 Å². The van der Waals surface area contributed by atoms with Crippen LogP contribution in [0, 0.1) is 6.92 Å². The second-order valence-corrected chi connectivity index (χ2v) is 5.89. The zero-order chi connectivity index (χ0) is 15.7. The maximum atomic E-state index is 9.11. The molecule has 3 aromatic rings. The van der Waals surface area contributed by atoms with Crippen LogP contribution in [0.2, 0.25) is 0 Å². The van der Waals surface area contributed by atoms with E-state index in [0.29, 0.717) is 5.46 Å². The van der Waals surface area contributed by atoms with E-state index in [1.807, 2.05) is 31.3 Å². The number of rotatable bonds is 3. The molecule has 2 aromatic carbocycles. The molecule has 0 aliphatic heterocycles. The first kappa shape index (κ1) is 15.0. The van der Waals surface area contributed by atoms with Crippen molar-refractivity contribution >= 4 is 28.5 Å². The third-order valence-corrected chi connectivity index (χ3v) is 3.90. The van der Waals surface area contributed by atoms with E-state index in [4.69, 9.17) is 10.0 Å². The molecule has 0 aliphatic carbocycles. The smallest absolute Gasteiger partial charge is 0.423 e. The summed E-state index contributed by atoms with van der Waals surface area (Å²) in [5.41, 5.74) is 4.08. The van der Waals surface area contributed by atoms with Crippen LogP contribution in [0.25, 0.3) is 16.9 Å². The minimum absolute atomic E-state index is 0.444. The molecular weight excluding hydrogens is 345 g/mol. The van der Waals surface area contributed by atoms with E-state index in [9.17, 15) is 0 Å². The summed E-state index contributed by atoms with van der Waals surface area (Å²) in [6.45, 7) is 2.01. The molecule has 22 heavy (non-hydrogen) atoms. The Balaban J connectivity index is 1.93. The van der Waals surface area contributed by atoms with Gasteiger partial charge in [0.15, 0.2) is 0 Å². The average Bonchev–Trinajstić information content (AvgIpc) is 2.97. The maximum Gasteiger partial charge on any atom is 0.488 e. The molecule has 2 N–H and O–H groups in total. The fourth-order valence-electron chi connectivity index (χ4n) is 2.22. The van der Waals surface area contributed by atoms with E-state index in [1.165, 1.54) is 0 Å². The van der Waals surface area contributed by atoms with E-state index in [1.54, 1.807) is 28.9 Å². The van der Waals surface area contributed by atoms with E-state index >= 15 is 0 Å². The molecule has 0 aliphatic rings. The lowest BCUT2D eigenvalue weighted by Crippen LogP contribution is -2.29. The normalized spacial score (nSPS) is 10.7. The van der Waals surface area contributed by atoms with Crippen LogP contribution in [-0.4, -0.2) is 32.2 Å². The molecule has 1 heterocycles. The molecule has 5 nitrogen and oxygen atoms in total. The summed E-state index contributed by atoms with van der Waals surface area (Å²) in [4.78, 5) is 0. The lowest BCUT2D eigenvalue weighted by atomic mass is 9.80. The number of halogens is 1. The Labute approximate surface area is 136 Å². The van der Waals surface area contributed by atoms with Crippen molar-refractivity contribution < 1.29 is 10.0 Å². The van der Waals surface area contributed by atoms with Crippen LogP contribution in [0.1, 0.15) is 5.56 Å². The minimum Gasteiger partial charge on any atom is -0.423 e. The van der Waals surface area contributed by atoms with Crippen LogP contribution >= 0.6 is 15.9 Å². The quantitative estimate of drug-likeness (QED) is 0.700. The molecule has 0 amide bonds. The molecule has 0 spiro atoms. The maximum absolute atomic E-state index is 9.11. The van der Waals surface area contributed by atoms with Gasteiger partial charge in [0.1, 0.15) is 5.69 Å². The number of nitrogens with zero attached hydrogens (tertiary/aromatic N) is 3. The number of hydrogen-bond donors (Lipinski definition) is 2. The van der Waals surface area contributed by atoms with Crippen molar-refractivity contribution in [2.45, 2.75) is 6.92 Å². The molecule has 1 aromatic heterocycles. The number of aryl methyl sites for hydroxylation is 1. The van der Waals surface area contributed by atoms with Crippen molar-refractivity contribution in [2.75, 3.05) is 0 Å². The molecule has 110 valence electrons. The molecule has 0 fully saturated rings. The predicted molar refractivity (Wildman–Crippen MR) is 89.1 cm³/mol. The molecule has 0 saturated carbocycles. The Morgan fingerprint density at radius 3 is 2.45 bits per heavy atom. The lowest BCUT2D eigenvalue weighted by molar-refractivity contribution is 0.426. The summed E-state index contributed by atoms with van der Waals surface area (Å²) in [5.74, 6) is 0. The predicted octanol–water partition coefficient (Wildman–Crippen LogP) is 1.69. The zero-order valence-corrected chi connectivity index (χ0v) is 13.4. The summed E-state index contributed by atoms with van der Waals surface area (Å²) in [7, 11) is -1.46. The summed E-state index contributed by atoms with van der Waals surface area (Å²) < 4.78 is 2.75. The largest absolute Gasteiger partial charge is 0.488 e. The van der Waals surface area contributed by atoms with Crippen molar-refractivity contribution in [2.24, 2.45) is 0 Å². The van der Waals surface area contributed by atoms with Crippen LogP contribution in [0.4, 0.5) is 0 Å².